The van der Waals surface area contributed by atoms with Crippen LogP contribution in [0.4, 0.5) is 16.2 Å². The number of nitrogens with two attached hydrogens (primary N) is 1. The predicted molar refractivity (Wildman–Crippen MR) is 79.8 cm³/mol. The Bertz CT molecular complexity index is 656. The van der Waals surface area contributed by atoms with Crippen LogP contribution in [-0.2, 0) is 0 Å². The van der Waals surface area contributed by atoms with E-state index in [2.05, 4.69) is 14.9 Å². The molecule has 0 bridgehead atoms. The van der Waals surface area contributed by atoms with Gasteiger partial charge in [0.1, 0.15) is 17.4 Å². The summed E-state index contributed by atoms with van der Waals surface area (Å²) in [5.74, 6) is 0.917. The molecule has 0 spiro atoms. The van der Waals surface area contributed by atoms with Gasteiger partial charge in [-0.05, 0) is 25.0 Å². The molecule has 1 fully saturated rings. The molecule has 1 aromatic carbocycles. The Kier molecular flexibility index (Phi) is 3.60. The summed E-state index contributed by atoms with van der Waals surface area (Å²) in [6, 6.07) is 6.25. The van der Waals surface area contributed by atoms with Gasteiger partial charge in [-0.2, -0.15) is 4.98 Å². The number of nitrogen functional groups attached to an aromatic ring is 1. The predicted octanol–water partition coefficient (Wildman–Crippen LogP) is 2.47. The summed E-state index contributed by atoms with van der Waals surface area (Å²) in [5, 5.41) is 0. The zero-order valence-corrected chi connectivity index (χ0v) is 11.8. The summed E-state index contributed by atoms with van der Waals surface area (Å²) in [6.45, 7) is 1.80. The highest BCUT2D eigenvalue weighted by molar-refractivity contribution is 5.70. The quantitative estimate of drug-likeness (QED) is 0.940. The molecule has 0 radical (unpaired) electrons. The van der Waals surface area contributed by atoms with Crippen LogP contribution in [0.1, 0.15) is 12.8 Å². The molecule has 1 aromatic heterocycles. The molecule has 1 aliphatic rings. The highest BCUT2D eigenvalue weighted by Gasteiger charge is 2.19. The van der Waals surface area contributed by atoms with Crippen molar-refractivity contribution < 1.29 is 9.13 Å². The van der Waals surface area contributed by atoms with E-state index >= 15 is 0 Å². The molecule has 0 aliphatic carbocycles. The fraction of sp³-hybridized carbons (Fsp3) is 0.333. The Morgan fingerprint density at radius 2 is 2.00 bits per heavy atom. The first-order valence-corrected chi connectivity index (χ1v) is 6.91. The molecule has 3 rings (SSSR count). The average molecular weight is 288 g/mol. The lowest BCUT2D eigenvalue weighted by molar-refractivity contribution is 0.413. The van der Waals surface area contributed by atoms with E-state index in [0.717, 1.165) is 25.9 Å². The van der Waals surface area contributed by atoms with E-state index in [1.165, 1.54) is 13.2 Å². The minimum absolute atomic E-state index is 0.314. The number of nitrogens with zero attached hydrogens (tertiary/aromatic N) is 3. The van der Waals surface area contributed by atoms with Crippen molar-refractivity contribution in [3.8, 4) is 17.0 Å². The van der Waals surface area contributed by atoms with Crippen LogP contribution >= 0.6 is 0 Å². The summed E-state index contributed by atoms with van der Waals surface area (Å²) in [7, 11) is 1.50. The maximum Gasteiger partial charge on any atom is 0.227 e. The van der Waals surface area contributed by atoms with Crippen LogP contribution in [-0.4, -0.2) is 30.2 Å². The van der Waals surface area contributed by atoms with Crippen molar-refractivity contribution in [2.24, 2.45) is 0 Å². The van der Waals surface area contributed by atoms with E-state index in [1.807, 2.05) is 0 Å². The molecule has 1 aliphatic heterocycles. The van der Waals surface area contributed by atoms with E-state index in [-0.39, 0.29) is 5.82 Å². The Hall–Kier alpha value is -2.37. The standard InChI is InChI=1S/C15H17FN4O/c1-21-12-6-4-5-10(16)14(12)11-9-13(17)19-15(18-11)20-7-2-3-8-20/h4-6,9H,2-3,7-8H2,1H3,(H2,17,18,19). The summed E-state index contributed by atoms with van der Waals surface area (Å²) in [4.78, 5) is 10.8. The highest BCUT2D eigenvalue weighted by atomic mass is 19.1. The minimum atomic E-state index is -0.389. The second-order valence-corrected chi connectivity index (χ2v) is 4.99. The van der Waals surface area contributed by atoms with Gasteiger partial charge in [-0.3, -0.25) is 0 Å². The number of ether oxygens (including phenoxy) is 1. The number of aromatic nitrogens is 2. The molecule has 21 heavy (non-hydrogen) atoms. The van der Waals surface area contributed by atoms with Crippen LogP contribution < -0.4 is 15.4 Å². The van der Waals surface area contributed by atoms with Gasteiger partial charge in [0, 0.05) is 19.2 Å². The molecule has 2 heterocycles. The normalized spacial score (nSPS) is 14.5. The smallest absolute Gasteiger partial charge is 0.227 e. The van der Waals surface area contributed by atoms with Gasteiger partial charge in [0.15, 0.2) is 0 Å². The van der Waals surface area contributed by atoms with Crippen LogP contribution in [0, 0.1) is 5.82 Å². The molecule has 1 saturated heterocycles. The molecular weight excluding hydrogens is 271 g/mol. The Morgan fingerprint density at radius 3 is 2.71 bits per heavy atom. The SMILES string of the molecule is COc1cccc(F)c1-c1cc(N)nc(N2CCCC2)n1. The van der Waals surface area contributed by atoms with E-state index in [0.29, 0.717) is 28.8 Å². The van der Waals surface area contributed by atoms with Crippen LogP contribution in [0.2, 0.25) is 0 Å². The third kappa shape index (κ3) is 2.61. The largest absolute Gasteiger partial charge is 0.496 e. The van der Waals surface area contributed by atoms with Crippen molar-refractivity contribution in [1.82, 2.24) is 9.97 Å². The van der Waals surface area contributed by atoms with Gasteiger partial charge in [-0.15, -0.1) is 0 Å². The Morgan fingerprint density at radius 1 is 1.24 bits per heavy atom. The van der Waals surface area contributed by atoms with Gasteiger partial charge in [-0.25, -0.2) is 9.37 Å². The molecule has 0 unspecified atom stereocenters. The molecular formula is C15H17FN4O. The van der Waals surface area contributed by atoms with Gasteiger partial charge in [0.2, 0.25) is 5.95 Å². The second-order valence-electron chi connectivity index (χ2n) is 4.99. The van der Waals surface area contributed by atoms with Crippen LogP contribution in [0.3, 0.4) is 0 Å². The van der Waals surface area contributed by atoms with Gasteiger partial charge in [-0.1, -0.05) is 6.07 Å². The van der Waals surface area contributed by atoms with E-state index in [9.17, 15) is 4.39 Å². The van der Waals surface area contributed by atoms with Crippen molar-refractivity contribution in [1.29, 1.82) is 0 Å². The molecule has 110 valence electrons. The summed E-state index contributed by atoms with van der Waals surface area (Å²) >= 11 is 0. The fourth-order valence-electron chi connectivity index (χ4n) is 2.56. The van der Waals surface area contributed by atoms with Crippen LogP contribution in [0.25, 0.3) is 11.3 Å². The van der Waals surface area contributed by atoms with Gasteiger partial charge >= 0.3 is 0 Å². The monoisotopic (exact) mass is 288 g/mol. The molecule has 0 amide bonds. The first-order chi connectivity index (χ1) is 10.2. The lowest BCUT2D eigenvalue weighted by Gasteiger charge is -2.17. The van der Waals surface area contributed by atoms with Crippen molar-refractivity contribution in [3.63, 3.8) is 0 Å². The third-order valence-electron chi connectivity index (χ3n) is 3.57. The Labute approximate surface area is 122 Å². The number of anilines is 2. The summed E-state index contributed by atoms with van der Waals surface area (Å²) in [5.41, 5.74) is 6.62. The molecule has 0 saturated carbocycles. The average Bonchev–Trinajstić information content (AvgIpc) is 3.00. The maximum absolute atomic E-state index is 14.2. The van der Waals surface area contributed by atoms with Crippen molar-refractivity contribution in [2.75, 3.05) is 30.8 Å². The minimum Gasteiger partial charge on any atom is -0.496 e. The van der Waals surface area contributed by atoms with Crippen molar-refractivity contribution in [2.45, 2.75) is 12.8 Å². The summed E-state index contributed by atoms with van der Waals surface area (Å²) < 4.78 is 19.4. The molecule has 6 heteroatoms. The van der Waals surface area contributed by atoms with Gasteiger partial charge in [0.25, 0.3) is 0 Å². The van der Waals surface area contributed by atoms with E-state index in [1.54, 1.807) is 18.2 Å². The number of halogens is 1. The first-order valence-electron chi connectivity index (χ1n) is 6.91. The molecule has 2 aromatic rings. The number of rotatable bonds is 3. The lowest BCUT2D eigenvalue weighted by Crippen LogP contribution is -2.21. The third-order valence-corrected chi connectivity index (χ3v) is 3.57. The Balaban J connectivity index is 2.10. The molecule has 5 nitrogen and oxygen atoms in total. The van der Waals surface area contributed by atoms with Gasteiger partial charge in [0.05, 0.1) is 18.4 Å². The first kappa shape index (κ1) is 13.6. The highest BCUT2D eigenvalue weighted by Crippen LogP contribution is 2.33. The number of methoxy groups -OCH3 is 1. The number of hydrogen-bond donors (Lipinski definition) is 1. The maximum atomic E-state index is 14.2. The van der Waals surface area contributed by atoms with Crippen molar-refractivity contribution in [3.05, 3.63) is 30.1 Å². The van der Waals surface area contributed by atoms with E-state index in [4.69, 9.17) is 10.5 Å². The number of benzene rings is 1. The molecule has 0 atom stereocenters. The molecule has 2 N–H and O–H groups in total. The summed E-state index contributed by atoms with van der Waals surface area (Å²) in [6.07, 6.45) is 2.22. The van der Waals surface area contributed by atoms with Crippen molar-refractivity contribution >= 4 is 11.8 Å². The fourth-order valence-corrected chi connectivity index (χ4v) is 2.56. The van der Waals surface area contributed by atoms with Gasteiger partial charge < -0.3 is 15.4 Å². The lowest BCUT2D eigenvalue weighted by atomic mass is 10.1. The van der Waals surface area contributed by atoms with Crippen LogP contribution in [0.15, 0.2) is 24.3 Å². The zero-order chi connectivity index (χ0) is 14.8. The van der Waals surface area contributed by atoms with E-state index < -0.39 is 0 Å². The topological polar surface area (TPSA) is 64.3 Å². The second kappa shape index (κ2) is 5.55. The number of hydrogen-bond acceptors (Lipinski definition) is 5. The van der Waals surface area contributed by atoms with Crippen LogP contribution in [0.5, 0.6) is 5.75 Å². The zero-order valence-electron chi connectivity index (χ0n) is 11.8.